The highest BCUT2D eigenvalue weighted by Crippen LogP contribution is 2.26. The second-order valence-electron chi connectivity index (χ2n) is 4.00. The van der Waals surface area contributed by atoms with E-state index in [0.717, 1.165) is 4.88 Å². The monoisotopic (exact) mass is 258 g/mol. The molecule has 1 heterocycles. The highest BCUT2D eigenvalue weighted by molar-refractivity contribution is 7.19. The molecule has 3 rings (SSSR count). The van der Waals surface area contributed by atoms with Crippen molar-refractivity contribution in [2.45, 2.75) is 6.61 Å². The zero-order chi connectivity index (χ0) is 12.4. The average Bonchev–Trinajstić information content (AvgIpc) is 2.79. The second-order valence-corrected chi connectivity index (χ2v) is 5.16. The molecule has 1 nitrogen and oxygen atoms in total. The molecule has 0 aliphatic rings. The maximum absolute atomic E-state index is 13.0. The third kappa shape index (κ3) is 2.36. The summed E-state index contributed by atoms with van der Waals surface area (Å²) >= 11 is 1.70. The van der Waals surface area contributed by atoms with Crippen molar-refractivity contribution in [2.24, 2.45) is 0 Å². The minimum atomic E-state index is -0.274. The molecule has 90 valence electrons. The van der Waals surface area contributed by atoms with Crippen molar-refractivity contribution < 1.29 is 9.13 Å². The number of halogens is 1. The van der Waals surface area contributed by atoms with Crippen LogP contribution in [0.4, 0.5) is 4.39 Å². The molecule has 0 spiro atoms. The first-order chi connectivity index (χ1) is 8.81. The highest BCUT2D eigenvalue weighted by atomic mass is 32.1. The van der Waals surface area contributed by atoms with Crippen LogP contribution in [0.1, 0.15) is 4.88 Å². The van der Waals surface area contributed by atoms with Gasteiger partial charge in [0.15, 0.2) is 0 Å². The number of rotatable bonds is 3. The summed E-state index contributed by atoms with van der Waals surface area (Å²) in [7, 11) is 0. The quantitative estimate of drug-likeness (QED) is 0.666. The van der Waals surface area contributed by atoms with Crippen LogP contribution in [-0.4, -0.2) is 0 Å². The van der Waals surface area contributed by atoms with Crippen molar-refractivity contribution in [3.05, 3.63) is 65.3 Å². The lowest BCUT2D eigenvalue weighted by Gasteiger charge is -2.03. The number of benzene rings is 2. The third-order valence-electron chi connectivity index (χ3n) is 2.65. The van der Waals surface area contributed by atoms with Crippen LogP contribution < -0.4 is 4.74 Å². The fourth-order valence-electron chi connectivity index (χ4n) is 1.82. The molecule has 2 aromatic carbocycles. The molecule has 0 saturated carbocycles. The van der Waals surface area contributed by atoms with E-state index in [4.69, 9.17) is 4.74 Å². The molecule has 0 bridgehead atoms. The van der Waals surface area contributed by atoms with E-state index in [2.05, 4.69) is 18.2 Å². The molecule has 3 heteroatoms. The van der Waals surface area contributed by atoms with Gasteiger partial charge in [-0.1, -0.05) is 24.3 Å². The fraction of sp³-hybridized carbons (Fsp3) is 0.0667. The van der Waals surface area contributed by atoms with Crippen molar-refractivity contribution in [3.63, 3.8) is 0 Å². The first-order valence-corrected chi connectivity index (χ1v) is 6.49. The van der Waals surface area contributed by atoms with Gasteiger partial charge in [0.25, 0.3) is 0 Å². The van der Waals surface area contributed by atoms with Gasteiger partial charge in [-0.15, -0.1) is 11.3 Å². The van der Waals surface area contributed by atoms with Gasteiger partial charge in [-0.3, -0.25) is 0 Å². The predicted octanol–water partition coefficient (Wildman–Crippen LogP) is 4.62. The molecule has 18 heavy (non-hydrogen) atoms. The Morgan fingerprint density at radius 1 is 1.00 bits per heavy atom. The van der Waals surface area contributed by atoms with Crippen LogP contribution in [0.15, 0.2) is 54.6 Å². The molecule has 0 N–H and O–H groups in total. The molecule has 3 aromatic rings. The Balaban J connectivity index is 1.76. The summed E-state index contributed by atoms with van der Waals surface area (Å²) in [6, 6.07) is 16.5. The van der Waals surface area contributed by atoms with E-state index in [1.807, 2.05) is 12.1 Å². The maximum atomic E-state index is 13.0. The van der Waals surface area contributed by atoms with Gasteiger partial charge < -0.3 is 4.74 Å². The smallest absolute Gasteiger partial charge is 0.126 e. The number of hydrogen-bond acceptors (Lipinski definition) is 2. The van der Waals surface area contributed by atoms with Crippen LogP contribution in [0, 0.1) is 5.82 Å². The third-order valence-corrected chi connectivity index (χ3v) is 3.74. The SMILES string of the molecule is Fc1cccc(OCc2cc3ccccc3s2)c1. The van der Waals surface area contributed by atoms with E-state index in [1.54, 1.807) is 23.5 Å². The van der Waals surface area contributed by atoms with Gasteiger partial charge in [0.2, 0.25) is 0 Å². The molecule has 0 atom stereocenters. The van der Waals surface area contributed by atoms with Crippen LogP contribution in [0.2, 0.25) is 0 Å². The van der Waals surface area contributed by atoms with E-state index in [1.165, 1.54) is 22.2 Å². The predicted molar refractivity (Wildman–Crippen MR) is 72.6 cm³/mol. The molecular weight excluding hydrogens is 247 g/mol. The first-order valence-electron chi connectivity index (χ1n) is 5.67. The lowest BCUT2D eigenvalue weighted by molar-refractivity contribution is 0.308. The zero-order valence-corrected chi connectivity index (χ0v) is 10.4. The van der Waals surface area contributed by atoms with Gasteiger partial charge >= 0.3 is 0 Å². The largest absolute Gasteiger partial charge is 0.488 e. The first kappa shape index (κ1) is 11.2. The summed E-state index contributed by atoms with van der Waals surface area (Å²) in [4.78, 5) is 1.14. The van der Waals surface area contributed by atoms with Crippen LogP contribution >= 0.6 is 11.3 Å². The molecule has 0 unspecified atom stereocenters. The van der Waals surface area contributed by atoms with Crippen LogP contribution in [0.25, 0.3) is 10.1 Å². The number of fused-ring (bicyclic) bond motifs is 1. The van der Waals surface area contributed by atoms with E-state index < -0.39 is 0 Å². The van der Waals surface area contributed by atoms with Crippen molar-refractivity contribution in [1.82, 2.24) is 0 Å². The second kappa shape index (κ2) is 4.78. The summed E-state index contributed by atoms with van der Waals surface area (Å²) in [5.41, 5.74) is 0. The number of ether oxygens (including phenoxy) is 1. The Morgan fingerprint density at radius 3 is 2.72 bits per heavy atom. The zero-order valence-electron chi connectivity index (χ0n) is 9.60. The van der Waals surface area contributed by atoms with Gasteiger partial charge in [-0.2, -0.15) is 0 Å². The molecule has 0 aliphatic carbocycles. The number of thiophene rings is 1. The standard InChI is InChI=1S/C15H11FOS/c16-12-5-3-6-13(9-12)17-10-14-8-11-4-1-2-7-15(11)18-14/h1-9H,10H2. The Bertz CT molecular complexity index is 642. The number of hydrogen-bond donors (Lipinski definition) is 0. The maximum Gasteiger partial charge on any atom is 0.126 e. The van der Waals surface area contributed by atoms with Crippen molar-refractivity contribution in [2.75, 3.05) is 0 Å². The Kier molecular flexibility index (Phi) is 2.99. The lowest BCUT2D eigenvalue weighted by Crippen LogP contribution is -1.92. The summed E-state index contributed by atoms with van der Waals surface area (Å²) in [6.45, 7) is 0.475. The summed E-state index contributed by atoms with van der Waals surface area (Å²) in [5.74, 6) is 0.288. The minimum absolute atomic E-state index is 0.274. The summed E-state index contributed by atoms with van der Waals surface area (Å²) in [5, 5.41) is 1.22. The minimum Gasteiger partial charge on any atom is -0.488 e. The van der Waals surface area contributed by atoms with Crippen LogP contribution in [-0.2, 0) is 6.61 Å². The topological polar surface area (TPSA) is 9.23 Å². The fourth-order valence-corrected chi connectivity index (χ4v) is 2.80. The molecule has 0 fully saturated rings. The van der Waals surface area contributed by atoms with Gasteiger partial charge in [0, 0.05) is 15.6 Å². The van der Waals surface area contributed by atoms with Crippen molar-refractivity contribution in [3.8, 4) is 5.75 Å². The van der Waals surface area contributed by atoms with Gasteiger partial charge in [-0.05, 0) is 29.7 Å². The van der Waals surface area contributed by atoms with Crippen molar-refractivity contribution >= 4 is 21.4 Å². The summed E-state index contributed by atoms with van der Waals surface area (Å²) < 4.78 is 19.8. The molecule has 1 aromatic heterocycles. The normalized spacial score (nSPS) is 10.7. The van der Waals surface area contributed by atoms with Gasteiger partial charge in [-0.25, -0.2) is 4.39 Å². The molecule has 0 saturated heterocycles. The lowest BCUT2D eigenvalue weighted by atomic mass is 10.2. The molecular formula is C15H11FOS. The Morgan fingerprint density at radius 2 is 1.89 bits per heavy atom. The molecule has 0 aliphatic heterocycles. The van der Waals surface area contributed by atoms with E-state index >= 15 is 0 Å². The van der Waals surface area contributed by atoms with Crippen LogP contribution in [0.5, 0.6) is 5.75 Å². The van der Waals surface area contributed by atoms with Crippen molar-refractivity contribution in [1.29, 1.82) is 0 Å². The Labute approximate surface area is 108 Å². The highest BCUT2D eigenvalue weighted by Gasteiger charge is 2.02. The van der Waals surface area contributed by atoms with E-state index in [-0.39, 0.29) is 5.82 Å². The Hall–Kier alpha value is -1.87. The van der Waals surface area contributed by atoms with Crippen LogP contribution in [0.3, 0.4) is 0 Å². The molecule has 0 amide bonds. The van der Waals surface area contributed by atoms with E-state index in [9.17, 15) is 4.39 Å². The average molecular weight is 258 g/mol. The molecule has 0 radical (unpaired) electrons. The van der Waals surface area contributed by atoms with Gasteiger partial charge in [0.1, 0.15) is 18.2 Å². The van der Waals surface area contributed by atoms with E-state index in [0.29, 0.717) is 12.4 Å². The van der Waals surface area contributed by atoms with Gasteiger partial charge in [0.05, 0.1) is 0 Å². The summed E-state index contributed by atoms with van der Waals surface area (Å²) in [6.07, 6.45) is 0.